The summed E-state index contributed by atoms with van der Waals surface area (Å²) in [7, 11) is 1.57. The number of rotatable bonds is 8. The van der Waals surface area contributed by atoms with Crippen molar-refractivity contribution in [2.24, 2.45) is 5.73 Å². The van der Waals surface area contributed by atoms with Crippen molar-refractivity contribution in [1.29, 1.82) is 0 Å². The fourth-order valence-electron chi connectivity index (χ4n) is 2.50. The third kappa shape index (κ3) is 4.53. The number of hydrogen-bond donors (Lipinski definition) is 2. The second kappa shape index (κ2) is 8.50. The van der Waals surface area contributed by atoms with E-state index in [9.17, 15) is 4.39 Å². The Bertz CT molecular complexity index is 883. The molecule has 3 rings (SSSR count). The summed E-state index contributed by atoms with van der Waals surface area (Å²) < 4.78 is 29.3. The van der Waals surface area contributed by atoms with Gasteiger partial charge < -0.3 is 19.9 Å². The predicted molar refractivity (Wildman–Crippen MR) is 97.3 cm³/mol. The summed E-state index contributed by atoms with van der Waals surface area (Å²) in [6, 6.07) is 10.7. The van der Waals surface area contributed by atoms with Crippen LogP contribution in [0.25, 0.3) is 0 Å². The average Bonchev–Trinajstić information content (AvgIpc) is 3.16. The van der Waals surface area contributed by atoms with Gasteiger partial charge in [0.2, 0.25) is 0 Å². The predicted octanol–water partition coefficient (Wildman–Crippen LogP) is 2.98. The highest BCUT2D eigenvalue weighted by molar-refractivity contribution is 5.44. The van der Waals surface area contributed by atoms with E-state index in [2.05, 4.69) is 15.2 Å². The van der Waals surface area contributed by atoms with Crippen LogP contribution in [0.2, 0.25) is 0 Å². The summed E-state index contributed by atoms with van der Waals surface area (Å²) in [5.74, 6) is 2.41. The van der Waals surface area contributed by atoms with Crippen molar-refractivity contribution in [2.75, 3.05) is 13.7 Å². The van der Waals surface area contributed by atoms with Crippen LogP contribution in [-0.2, 0) is 6.61 Å². The molecule has 8 heteroatoms. The standard InChI is InChI=1S/C19H21FN4O3/c1-3-26-15-9-4-12(10-16(15)25-2)18(21)19-22-17(23-24-19)11-27-14-7-5-13(20)6-8-14/h4-10,18H,3,11,21H2,1-2H3,(H,22,23,24)/t18-/m0/s1. The molecule has 1 aromatic heterocycles. The van der Waals surface area contributed by atoms with Crippen molar-refractivity contribution in [2.45, 2.75) is 19.6 Å². The van der Waals surface area contributed by atoms with Gasteiger partial charge in [0.25, 0.3) is 0 Å². The smallest absolute Gasteiger partial charge is 0.172 e. The molecule has 142 valence electrons. The Labute approximate surface area is 156 Å². The molecule has 0 saturated heterocycles. The van der Waals surface area contributed by atoms with Gasteiger partial charge >= 0.3 is 0 Å². The van der Waals surface area contributed by atoms with Crippen LogP contribution in [0.4, 0.5) is 4.39 Å². The number of aromatic amines is 1. The van der Waals surface area contributed by atoms with E-state index in [1.165, 1.54) is 12.1 Å². The SMILES string of the molecule is CCOc1ccc([C@H](N)c2n[nH]c(COc3ccc(F)cc3)n2)cc1OC. The average molecular weight is 372 g/mol. The fraction of sp³-hybridized carbons (Fsp3) is 0.263. The molecule has 0 aliphatic rings. The number of benzene rings is 2. The molecule has 7 nitrogen and oxygen atoms in total. The Kier molecular flexibility index (Phi) is 5.87. The van der Waals surface area contributed by atoms with Crippen molar-refractivity contribution in [3.63, 3.8) is 0 Å². The quantitative estimate of drug-likeness (QED) is 0.631. The van der Waals surface area contributed by atoms with Gasteiger partial charge in [-0.1, -0.05) is 6.07 Å². The zero-order valence-electron chi connectivity index (χ0n) is 15.1. The van der Waals surface area contributed by atoms with Gasteiger partial charge in [-0.2, -0.15) is 5.10 Å². The third-order valence-electron chi connectivity index (χ3n) is 3.86. The molecule has 0 amide bonds. The molecule has 2 aromatic carbocycles. The number of nitrogens with zero attached hydrogens (tertiary/aromatic N) is 2. The van der Waals surface area contributed by atoms with Crippen molar-refractivity contribution >= 4 is 0 Å². The second-order valence-corrected chi connectivity index (χ2v) is 5.70. The number of nitrogens with two attached hydrogens (primary N) is 1. The molecule has 0 aliphatic heterocycles. The lowest BCUT2D eigenvalue weighted by molar-refractivity contribution is 0.296. The highest BCUT2D eigenvalue weighted by atomic mass is 19.1. The van der Waals surface area contributed by atoms with E-state index < -0.39 is 6.04 Å². The first kappa shape index (κ1) is 18.7. The molecule has 3 aromatic rings. The molecule has 0 aliphatic carbocycles. The van der Waals surface area contributed by atoms with Crippen LogP contribution in [0.15, 0.2) is 42.5 Å². The molecule has 1 atom stereocenters. The molecule has 27 heavy (non-hydrogen) atoms. The van der Waals surface area contributed by atoms with E-state index in [4.69, 9.17) is 19.9 Å². The highest BCUT2D eigenvalue weighted by Gasteiger charge is 2.17. The van der Waals surface area contributed by atoms with Crippen LogP contribution < -0.4 is 19.9 Å². The lowest BCUT2D eigenvalue weighted by Crippen LogP contribution is -2.14. The number of methoxy groups -OCH3 is 1. The van der Waals surface area contributed by atoms with Gasteiger partial charge in [-0.05, 0) is 48.9 Å². The van der Waals surface area contributed by atoms with E-state index in [1.807, 2.05) is 19.1 Å². The van der Waals surface area contributed by atoms with Crippen LogP contribution in [0.3, 0.4) is 0 Å². The van der Waals surface area contributed by atoms with Crippen LogP contribution in [-0.4, -0.2) is 28.9 Å². The number of hydrogen-bond acceptors (Lipinski definition) is 6. The van der Waals surface area contributed by atoms with Crippen molar-refractivity contribution in [3.8, 4) is 17.2 Å². The second-order valence-electron chi connectivity index (χ2n) is 5.70. The monoisotopic (exact) mass is 372 g/mol. The Hall–Kier alpha value is -3.13. The van der Waals surface area contributed by atoms with Crippen molar-refractivity contribution in [1.82, 2.24) is 15.2 Å². The zero-order chi connectivity index (χ0) is 19.2. The number of aromatic nitrogens is 3. The number of nitrogens with one attached hydrogen (secondary N) is 1. The molecule has 0 saturated carbocycles. The first-order valence-corrected chi connectivity index (χ1v) is 8.46. The van der Waals surface area contributed by atoms with Crippen LogP contribution in [0.1, 0.15) is 30.2 Å². The van der Waals surface area contributed by atoms with E-state index in [0.717, 1.165) is 5.56 Å². The molecular formula is C19H21FN4O3. The largest absolute Gasteiger partial charge is 0.493 e. The maximum atomic E-state index is 12.9. The highest BCUT2D eigenvalue weighted by Crippen LogP contribution is 2.31. The molecule has 3 N–H and O–H groups in total. The molecule has 1 heterocycles. The first-order chi connectivity index (χ1) is 13.1. The molecular weight excluding hydrogens is 351 g/mol. The van der Waals surface area contributed by atoms with Gasteiger partial charge in [0.15, 0.2) is 23.1 Å². The van der Waals surface area contributed by atoms with E-state index in [1.54, 1.807) is 25.3 Å². The molecule has 0 bridgehead atoms. The maximum Gasteiger partial charge on any atom is 0.172 e. The Balaban J connectivity index is 1.69. The van der Waals surface area contributed by atoms with Gasteiger partial charge in [0, 0.05) is 0 Å². The summed E-state index contributed by atoms with van der Waals surface area (Å²) in [6.45, 7) is 2.61. The van der Waals surface area contributed by atoms with Crippen LogP contribution in [0.5, 0.6) is 17.2 Å². The van der Waals surface area contributed by atoms with Crippen molar-refractivity contribution in [3.05, 3.63) is 65.5 Å². The summed E-state index contributed by atoms with van der Waals surface area (Å²) in [6.07, 6.45) is 0. The Morgan fingerprint density at radius 1 is 1.11 bits per heavy atom. The summed E-state index contributed by atoms with van der Waals surface area (Å²) >= 11 is 0. The maximum absolute atomic E-state index is 12.9. The Morgan fingerprint density at radius 2 is 1.89 bits per heavy atom. The van der Waals surface area contributed by atoms with Gasteiger partial charge in [0.05, 0.1) is 19.8 Å². The number of H-pyrrole nitrogens is 1. The third-order valence-corrected chi connectivity index (χ3v) is 3.86. The van der Waals surface area contributed by atoms with Crippen LogP contribution >= 0.6 is 0 Å². The van der Waals surface area contributed by atoms with Gasteiger partial charge in [-0.25, -0.2) is 9.37 Å². The molecule has 0 unspecified atom stereocenters. The minimum atomic E-state index is -0.537. The summed E-state index contributed by atoms with van der Waals surface area (Å²) in [4.78, 5) is 4.37. The summed E-state index contributed by atoms with van der Waals surface area (Å²) in [5.41, 5.74) is 7.07. The fourth-order valence-corrected chi connectivity index (χ4v) is 2.50. The van der Waals surface area contributed by atoms with E-state index in [-0.39, 0.29) is 12.4 Å². The Morgan fingerprint density at radius 3 is 2.59 bits per heavy atom. The normalized spacial score (nSPS) is 11.9. The van der Waals surface area contributed by atoms with Crippen LogP contribution in [0, 0.1) is 5.82 Å². The van der Waals surface area contributed by atoms with Crippen molar-refractivity contribution < 1.29 is 18.6 Å². The van der Waals surface area contributed by atoms with Gasteiger partial charge in [-0.15, -0.1) is 0 Å². The van der Waals surface area contributed by atoms with Gasteiger partial charge in [0.1, 0.15) is 18.2 Å². The minimum absolute atomic E-state index is 0.165. The topological polar surface area (TPSA) is 95.3 Å². The minimum Gasteiger partial charge on any atom is -0.493 e. The number of halogens is 1. The molecule has 0 spiro atoms. The summed E-state index contributed by atoms with van der Waals surface area (Å²) in [5, 5.41) is 6.96. The lowest BCUT2D eigenvalue weighted by Gasteiger charge is -2.13. The lowest BCUT2D eigenvalue weighted by atomic mass is 10.1. The molecule has 0 fully saturated rings. The first-order valence-electron chi connectivity index (χ1n) is 8.46. The number of ether oxygens (including phenoxy) is 3. The van der Waals surface area contributed by atoms with E-state index in [0.29, 0.717) is 35.5 Å². The van der Waals surface area contributed by atoms with E-state index >= 15 is 0 Å². The van der Waals surface area contributed by atoms with Gasteiger partial charge in [-0.3, -0.25) is 5.10 Å². The zero-order valence-corrected chi connectivity index (χ0v) is 15.1. The molecule has 0 radical (unpaired) electrons.